The number of esters is 1. The summed E-state index contributed by atoms with van der Waals surface area (Å²) in [5, 5.41) is 0. The Morgan fingerprint density at radius 1 is 1.08 bits per heavy atom. The predicted octanol–water partition coefficient (Wildman–Crippen LogP) is 5.31. The van der Waals surface area contributed by atoms with Crippen LogP contribution in [0.1, 0.15) is 91.4 Å². The van der Waals surface area contributed by atoms with Gasteiger partial charge in [0.25, 0.3) is 0 Å². The first-order valence-corrected chi connectivity index (χ1v) is 11.1. The van der Waals surface area contributed by atoms with Crippen molar-refractivity contribution in [3.8, 4) is 0 Å². The van der Waals surface area contributed by atoms with E-state index in [9.17, 15) is 9.59 Å². The van der Waals surface area contributed by atoms with Gasteiger partial charge in [-0.3, -0.25) is 9.59 Å². The molecule has 0 aromatic carbocycles. The van der Waals surface area contributed by atoms with Crippen molar-refractivity contribution in [1.82, 2.24) is 0 Å². The van der Waals surface area contributed by atoms with Gasteiger partial charge in [0, 0.05) is 18.3 Å². The second kappa shape index (κ2) is 6.63. The molecule has 146 valence electrons. The Morgan fingerprint density at radius 2 is 1.88 bits per heavy atom. The molecular formula is C23H36O3. The molecule has 3 heteroatoms. The van der Waals surface area contributed by atoms with Crippen LogP contribution < -0.4 is 0 Å². The summed E-state index contributed by atoms with van der Waals surface area (Å²) in [6, 6.07) is 0. The molecule has 4 rings (SSSR count). The van der Waals surface area contributed by atoms with Crippen LogP contribution in [0, 0.1) is 34.5 Å². The van der Waals surface area contributed by atoms with Gasteiger partial charge in [-0.15, -0.1) is 0 Å². The number of carbonyl (C=O) groups is 2. The smallest absolute Gasteiger partial charge is 0.306 e. The van der Waals surface area contributed by atoms with Gasteiger partial charge in [0.05, 0.1) is 0 Å². The van der Waals surface area contributed by atoms with E-state index in [0.29, 0.717) is 29.5 Å². The molecule has 0 saturated heterocycles. The van der Waals surface area contributed by atoms with Crippen LogP contribution in [0.2, 0.25) is 0 Å². The Balaban J connectivity index is 1.47. The predicted molar refractivity (Wildman–Crippen MR) is 102 cm³/mol. The molecule has 7 atom stereocenters. The van der Waals surface area contributed by atoms with Crippen LogP contribution in [0.3, 0.4) is 0 Å². The molecule has 4 saturated carbocycles. The lowest BCUT2D eigenvalue weighted by molar-refractivity contribution is -0.162. The van der Waals surface area contributed by atoms with Crippen molar-refractivity contribution in [2.24, 2.45) is 34.5 Å². The van der Waals surface area contributed by atoms with Crippen molar-refractivity contribution < 1.29 is 14.3 Å². The molecule has 0 N–H and O–H groups in total. The Hall–Kier alpha value is -0.860. The summed E-state index contributed by atoms with van der Waals surface area (Å²) < 4.78 is 5.78. The lowest BCUT2D eigenvalue weighted by Gasteiger charge is -2.60. The molecule has 0 heterocycles. The van der Waals surface area contributed by atoms with E-state index in [2.05, 4.69) is 13.8 Å². The van der Waals surface area contributed by atoms with Gasteiger partial charge in [-0.2, -0.15) is 0 Å². The van der Waals surface area contributed by atoms with Crippen molar-refractivity contribution in [3.05, 3.63) is 0 Å². The largest absolute Gasteiger partial charge is 0.462 e. The SMILES string of the molecule is CCCC(=O)O[C@@H]1CC[C@@]2(C)[C@@H](CC[C@@H]3[C@@H]2CC[C@]2(C)C(=O)CC[C@@H]32)C1. The normalized spacial score (nSPS) is 47.7. The molecule has 0 unspecified atom stereocenters. The van der Waals surface area contributed by atoms with E-state index in [1.807, 2.05) is 6.92 Å². The number of Topliss-reactive ketones (excluding diaryl/α,β-unsaturated/α-hetero) is 1. The van der Waals surface area contributed by atoms with E-state index in [0.717, 1.165) is 50.4 Å². The summed E-state index contributed by atoms with van der Waals surface area (Å²) in [5.41, 5.74) is 0.376. The quantitative estimate of drug-likeness (QED) is 0.641. The van der Waals surface area contributed by atoms with Crippen LogP contribution in [-0.2, 0) is 14.3 Å². The van der Waals surface area contributed by atoms with Crippen molar-refractivity contribution in [3.63, 3.8) is 0 Å². The van der Waals surface area contributed by atoms with Gasteiger partial charge in [0.15, 0.2) is 0 Å². The minimum absolute atomic E-state index is 0.00677. The molecule has 0 radical (unpaired) electrons. The second-order valence-corrected chi connectivity index (χ2v) is 10.2. The Bertz CT molecular complexity index is 584. The maximum atomic E-state index is 12.5. The van der Waals surface area contributed by atoms with E-state index in [1.54, 1.807) is 0 Å². The minimum Gasteiger partial charge on any atom is -0.462 e. The number of ketones is 1. The number of hydrogen-bond acceptors (Lipinski definition) is 3. The van der Waals surface area contributed by atoms with E-state index in [-0.39, 0.29) is 17.5 Å². The van der Waals surface area contributed by atoms with Gasteiger partial charge < -0.3 is 4.74 Å². The van der Waals surface area contributed by atoms with Gasteiger partial charge in [0.1, 0.15) is 11.9 Å². The summed E-state index contributed by atoms with van der Waals surface area (Å²) in [7, 11) is 0. The van der Waals surface area contributed by atoms with Crippen LogP contribution >= 0.6 is 0 Å². The Kier molecular flexibility index (Phi) is 4.72. The molecule has 0 bridgehead atoms. The fourth-order valence-electron chi connectivity index (χ4n) is 7.55. The summed E-state index contributed by atoms with van der Waals surface area (Å²) >= 11 is 0. The molecular weight excluding hydrogens is 324 g/mol. The summed E-state index contributed by atoms with van der Waals surface area (Å²) in [6.07, 6.45) is 11.7. The van der Waals surface area contributed by atoms with Crippen LogP contribution in [0.15, 0.2) is 0 Å². The molecule has 4 fully saturated rings. The van der Waals surface area contributed by atoms with Gasteiger partial charge in [0.2, 0.25) is 0 Å². The van der Waals surface area contributed by atoms with E-state index < -0.39 is 0 Å². The first-order chi connectivity index (χ1) is 12.4. The topological polar surface area (TPSA) is 43.4 Å². The average molecular weight is 361 g/mol. The van der Waals surface area contributed by atoms with Crippen molar-refractivity contribution in [1.29, 1.82) is 0 Å². The highest BCUT2D eigenvalue weighted by molar-refractivity contribution is 5.87. The average Bonchev–Trinajstić information content (AvgIpc) is 2.91. The van der Waals surface area contributed by atoms with E-state index in [4.69, 9.17) is 4.74 Å². The lowest BCUT2D eigenvalue weighted by atomic mass is 9.45. The highest BCUT2D eigenvalue weighted by Gasteiger charge is 2.60. The zero-order chi connectivity index (χ0) is 18.5. The number of carbonyl (C=O) groups excluding carboxylic acids is 2. The maximum absolute atomic E-state index is 12.5. The highest BCUT2D eigenvalue weighted by atomic mass is 16.5. The van der Waals surface area contributed by atoms with Crippen LogP contribution in [0.4, 0.5) is 0 Å². The third kappa shape index (κ3) is 2.76. The lowest BCUT2D eigenvalue weighted by Crippen LogP contribution is -2.54. The first kappa shape index (κ1) is 18.5. The van der Waals surface area contributed by atoms with Crippen LogP contribution in [-0.4, -0.2) is 17.9 Å². The minimum atomic E-state index is -0.0166. The zero-order valence-corrected chi connectivity index (χ0v) is 16.9. The van der Waals surface area contributed by atoms with Gasteiger partial charge >= 0.3 is 5.97 Å². The standard InChI is InChI=1S/C23H36O3/c1-4-5-21(25)26-16-10-12-22(2)15(14-16)6-7-17-18-8-9-20(24)23(18,3)13-11-19(17)22/h15-19H,4-14H2,1-3H3/t15-,16+,17-,18-,19-,22-,23-/m0/s1. The highest BCUT2D eigenvalue weighted by Crippen LogP contribution is 2.65. The Labute approximate surface area is 158 Å². The fourth-order valence-corrected chi connectivity index (χ4v) is 7.55. The number of hydrogen-bond donors (Lipinski definition) is 0. The molecule has 3 nitrogen and oxygen atoms in total. The zero-order valence-electron chi connectivity index (χ0n) is 16.9. The monoisotopic (exact) mass is 360 g/mol. The molecule has 4 aliphatic carbocycles. The fraction of sp³-hybridized carbons (Fsp3) is 0.913. The summed E-state index contributed by atoms with van der Waals surface area (Å²) in [4.78, 5) is 24.4. The third-order valence-corrected chi connectivity index (χ3v) is 9.08. The summed E-state index contributed by atoms with van der Waals surface area (Å²) in [6.45, 7) is 6.82. The molecule has 26 heavy (non-hydrogen) atoms. The molecule has 4 aliphatic rings. The maximum Gasteiger partial charge on any atom is 0.306 e. The number of fused-ring (bicyclic) bond motifs is 5. The van der Waals surface area contributed by atoms with Gasteiger partial charge in [-0.05, 0) is 86.9 Å². The molecule has 0 aromatic heterocycles. The Morgan fingerprint density at radius 3 is 2.65 bits per heavy atom. The van der Waals surface area contributed by atoms with Crippen LogP contribution in [0.5, 0.6) is 0 Å². The van der Waals surface area contributed by atoms with Crippen molar-refractivity contribution >= 4 is 11.8 Å². The molecule has 0 aromatic rings. The third-order valence-electron chi connectivity index (χ3n) is 9.08. The molecule has 0 spiro atoms. The number of rotatable bonds is 3. The van der Waals surface area contributed by atoms with Gasteiger partial charge in [-0.1, -0.05) is 20.8 Å². The molecule has 0 amide bonds. The van der Waals surface area contributed by atoms with Crippen molar-refractivity contribution in [2.75, 3.05) is 0 Å². The number of ether oxygens (including phenoxy) is 1. The van der Waals surface area contributed by atoms with Crippen LogP contribution in [0.25, 0.3) is 0 Å². The first-order valence-electron chi connectivity index (χ1n) is 11.1. The van der Waals surface area contributed by atoms with E-state index >= 15 is 0 Å². The summed E-state index contributed by atoms with van der Waals surface area (Å²) in [5.74, 6) is 3.38. The second-order valence-electron chi connectivity index (χ2n) is 10.2. The van der Waals surface area contributed by atoms with Crippen molar-refractivity contribution in [2.45, 2.75) is 97.5 Å². The van der Waals surface area contributed by atoms with Gasteiger partial charge in [-0.25, -0.2) is 0 Å². The van der Waals surface area contributed by atoms with E-state index in [1.165, 1.54) is 25.7 Å². The molecule has 0 aliphatic heterocycles.